The number of amides is 1. The first-order valence-corrected chi connectivity index (χ1v) is 8.51. The van der Waals surface area contributed by atoms with Crippen molar-refractivity contribution in [3.63, 3.8) is 0 Å². The summed E-state index contributed by atoms with van der Waals surface area (Å²) in [5.74, 6) is 1.16. The van der Waals surface area contributed by atoms with E-state index in [0.29, 0.717) is 5.92 Å². The van der Waals surface area contributed by atoms with E-state index in [9.17, 15) is 4.79 Å². The summed E-state index contributed by atoms with van der Waals surface area (Å²) in [6.45, 7) is 10.5. The minimum absolute atomic E-state index is 0.0108. The molecule has 0 aromatic heterocycles. The van der Waals surface area contributed by atoms with E-state index in [1.807, 2.05) is 39.0 Å². The van der Waals surface area contributed by atoms with Crippen molar-refractivity contribution in [2.45, 2.75) is 47.0 Å². The molecule has 1 amide bonds. The average molecular weight is 325 g/mol. The van der Waals surface area contributed by atoms with Crippen molar-refractivity contribution < 1.29 is 9.53 Å². The number of benzene rings is 2. The van der Waals surface area contributed by atoms with Gasteiger partial charge < -0.3 is 10.1 Å². The fourth-order valence-electron chi connectivity index (χ4n) is 2.62. The van der Waals surface area contributed by atoms with Gasteiger partial charge in [-0.1, -0.05) is 32.0 Å². The van der Waals surface area contributed by atoms with Crippen LogP contribution in [-0.4, -0.2) is 12.5 Å². The fraction of sp³-hybridized carbons (Fsp3) is 0.381. The topological polar surface area (TPSA) is 38.3 Å². The number of anilines is 1. The highest BCUT2D eigenvalue weighted by Gasteiger charge is 2.08. The van der Waals surface area contributed by atoms with Crippen LogP contribution in [0.4, 0.5) is 5.69 Å². The number of ether oxygens (including phenoxy) is 1. The monoisotopic (exact) mass is 325 g/mol. The molecule has 0 unspecified atom stereocenters. The van der Waals surface area contributed by atoms with E-state index < -0.39 is 0 Å². The third-order valence-electron chi connectivity index (χ3n) is 4.50. The molecule has 0 aliphatic carbocycles. The summed E-state index contributed by atoms with van der Waals surface area (Å²) < 4.78 is 5.70. The van der Waals surface area contributed by atoms with Crippen molar-refractivity contribution in [2.24, 2.45) is 0 Å². The molecule has 0 bridgehead atoms. The fourth-order valence-corrected chi connectivity index (χ4v) is 2.62. The lowest BCUT2D eigenvalue weighted by Crippen LogP contribution is -2.20. The van der Waals surface area contributed by atoms with Crippen LogP contribution in [0.15, 0.2) is 36.4 Å². The third kappa shape index (κ3) is 4.60. The Hall–Kier alpha value is -2.29. The largest absolute Gasteiger partial charge is 0.483 e. The summed E-state index contributed by atoms with van der Waals surface area (Å²) in [5, 5.41) is 2.88. The zero-order valence-electron chi connectivity index (χ0n) is 15.3. The number of carbonyl (C=O) groups excluding carboxylic acids is 1. The first-order chi connectivity index (χ1) is 11.4. The van der Waals surface area contributed by atoms with Crippen LogP contribution in [0, 0.1) is 20.8 Å². The van der Waals surface area contributed by atoms with E-state index in [-0.39, 0.29) is 12.5 Å². The summed E-state index contributed by atoms with van der Waals surface area (Å²) in [5.41, 5.74) is 5.47. The summed E-state index contributed by atoms with van der Waals surface area (Å²) in [7, 11) is 0. The number of aryl methyl sites for hydroxylation is 2. The smallest absolute Gasteiger partial charge is 0.262 e. The van der Waals surface area contributed by atoms with Crippen LogP contribution >= 0.6 is 0 Å². The van der Waals surface area contributed by atoms with Crippen LogP contribution < -0.4 is 10.1 Å². The lowest BCUT2D eigenvalue weighted by Gasteiger charge is -2.13. The number of nitrogens with one attached hydrogen (secondary N) is 1. The van der Waals surface area contributed by atoms with Crippen LogP contribution in [0.3, 0.4) is 0 Å². The van der Waals surface area contributed by atoms with Crippen LogP contribution in [0.25, 0.3) is 0 Å². The molecule has 2 aromatic carbocycles. The molecule has 24 heavy (non-hydrogen) atoms. The van der Waals surface area contributed by atoms with Crippen molar-refractivity contribution in [3.8, 4) is 5.75 Å². The Balaban J connectivity index is 1.94. The van der Waals surface area contributed by atoms with Gasteiger partial charge in [0.15, 0.2) is 6.61 Å². The minimum atomic E-state index is -0.148. The highest BCUT2D eigenvalue weighted by Crippen LogP contribution is 2.23. The Bertz CT molecular complexity index is 705. The second-order valence-corrected chi connectivity index (χ2v) is 6.47. The van der Waals surface area contributed by atoms with Gasteiger partial charge in [0.25, 0.3) is 5.91 Å². The van der Waals surface area contributed by atoms with Crippen LogP contribution in [0.5, 0.6) is 5.75 Å². The summed E-state index contributed by atoms with van der Waals surface area (Å²) in [4.78, 5) is 12.1. The molecular weight excluding hydrogens is 298 g/mol. The molecule has 0 heterocycles. The van der Waals surface area contributed by atoms with E-state index in [1.165, 1.54) is 11.1 Å². The van der Waals surface area contributed by atoms with Gasteiger partial charge in [-0.05, 0) is 73.6 Å². The normalized spacial score (nSPS) is 11.9. The average Bonchev–Trinajstić information content (AvgIpc) is 2.56. The quantitative estimate of drug-likeness (QED) is 0.798. The SMILES string of the molecule is CC[C@@H](C)c1ccc(NC(=O)COc2cc(C)cc(C)c2C)cc1. The van der Waals surface area contributed by atoms with Gasteiger partial charge in [-0.15, -0.1) is 0 Å². The van der Waals surface area contributed by atoms with Crippen LogP contribution in [0.1, 0.15) is 48.4 Å². The number of carbonyl (C=O) groups is 1. The Morgan fingerprint density at radius 2 is 1.79 bits per heavy atom. The molecule has 3 heteroatoms. The molecule has 2 rings (SSSR count). The first kappa shape index (κ1) is 18.1. The zero-order valence-corrected chi connectivity index (χ0v) is 15.3. The second kappa shape index (κ2) is 8.00. The maximum Gasteiger partial charge on any atom is 0.262 e. The minimum Gasteiger partial charge on any atom is -0.483 e. The van der Waals surface area contributed by atoms with E-state index in [0.717, 1.165) is 29.0 Å². The highest BCUT2D eigenvalue weighted by atomic mass is 16.5. The molecule has 0 saturated heterocycles. The van der Waals surface area contributed by atoms with E-state index in [2.05, 4.69) is 37.4 Å². The maximum absolute atomic E-state index is 12.1. The molecule has 3 nitrogen and oxygen atoms in total. The van der Waals surface area contributed by atoms with Gasteiger partial charge in [-0.3, -0.25) is 4.79 Å². The Kier molecular flexibility index (Phi) is 6.02. The second-order valence-electron chi connectivity index (χ2n) is 6.47. The van der Waals surface area contributed by atoms with Gasteiger partial charge >= 0.3 is 0 Å². The Morgan fingerprint density at radius 1 is 1.12 bits per heavy atom. The van der Waals surface area contributed by atoms with Gasteiger partial charge in [0.2, 0.25) is 0 Å². The van der Waals surface area contributed by atoms with Crippen molar-refractivity contribution in [1.82, 2.24) is 0 Å². The van der Waals surface area contributed by atoms with Crippen LogP contribution in [0.2, 0.25) is 0 Å². The van der Waals surface area contributed by atoms with Gasteiger partial charge in [0, 0.05) is 5.69 Å². The van der Waals surface area contributed by atoms with E-state index in [1.54, 1.807) is 0 Å². The lowest BCUT2D eigenvalue weighted by molar-refractivity contribution is -0.118. The summed E-state index contributed by atoms with van der Waals surface area (Å²) >= 11 is 0. The van der Waals surface area contributed by atoms with Gasteiger partial charge in [0.1, 0.15) is 5.75 Å². The standard InChI is InChI=1S/C21H27NO2/c1-6-15(3)18-7-9-19(10-8-18)22-21(23)13-24-20-12-14(2)11-16(4)17(20)5/h7-12,15H,6,13H2,1-5H3,(H,22,23)/t15-/m1/s1. The number of hydrogen-bond acceptors (Lipinski definition) is 2. The molecule has 0 aliphatic rings. The maximum atomic E-state index is 12.1. The molecule has 0 aliphatic heterocycles. The molecule has 1 atom stereocenters. The van der Waals surface area contributed by atoms with Gasteiger partial charge in [0.05, 0.1) is 0 Å². The molecular formula is C21H27NO2. The van der Waals surface area contributed by atoms with Crippen LogP contribution in [-0.2, 0) is 4.79 Å². The molecule has 0 spiro atoms. The Labute approximate surface area is 145 Å². The molecule has 0 fully saturated rings. The first-order valence-electron chi connectivity index (χ1n) is 8.51. The van der Waals surface area contributed by atoms with Crippen molar-refractivity contribution in [3.05, 3.63) is 58.7 Å². The van der Waals surface area contributed by atoms with Crippen molar-refractivity contribution >= 4 is 11.6 Å². The van der Waals surface area contributed by atoms with E-state index in [4.69, 9.17) is 4.74 Å². The third-order valence-corrected chi connectivity index (χ3v) is 4.50. The Morgan fingerprint density at radius 3 is 2.42 bits per heavy atom. The molecule has 0 radical (unpaired) electrons. The molecule has 128 valence electrons. The lowest BCUT2D eigenvalue weighted by atomic mass is 9.99. The summed E-state index contributed by atoms with van der Waals surface area (Å²) in [6, 6.07) is 12.1. The molecule has 1 N–H and O–H groups in total. The van der Waals surface area contributed by atoms with E-state index >= 15 is 0 Å². The number of hydrogen-bond donors (Lipinski definition) is 1. The predicted molar refractivity (Wildman–Crippen MR) is 99.9 cm³/mol. The summed E-state index contributed by atoms with van der Waals surface area (Å²) in [6.07, 6.45) is 1.11. The van der Waals surface area contributed by atoms with Crippen molar-refractivity contribution in [2.75, 3.05) is 11.9 Å². The van der Waals surface area contributed by atoms with Gasteiger partial charge in [-0.25, -0.2) is 0 Å². The molecule has 0 saturated carbocycles. The number of rotatable bonds is 6. The van der Waals surface area contributed by atoms with Gasteiger partial charge in [-0.2, -0.15) is 0 Å². The highest BCUT2D eigenvalue weighted by molar-refractivity contribution is 5.91. The van der Waals surface area contributed by atoms with Crippen molar-refractivity contribution in [1.29, 1.82) is 0 Å². The molecule has 2 aromatic rings. The zero-order chi connectivity index (χ0) is 17.7. The predicted octanol–water partition coefficient (Wildman–Crippen LogP) is 5.14.